The van der Waals surface area contributed by atoms with Crippen LogP contribution in [-0.2, 0) is 27.7 Å². The highest BCUT2D eigenvalue weighted by Crippen LogP contribution is 2.35. The minimum absolute atomic E-state index is 0.244. The first kappa shape index (κ1) is 20.2. The summed E-state index contributed by atoms with van der Waals surface area (Å²) in [5.41, 5.74) is 3.95. The van der Waals surface area contributed by atoms with Crippen molar-refractivity contribution in [2.24, 2.45) is 0 Å². The highest BCUT2D eigenvalue weighted by atomic mass is 32.2. The maximum Gasteiger partial charge on any atom is 0.265 e. The number of nitrogens with zero attached hydrogens (tertiary/aromatic N) is 1. The molecule has 0 aliphatic heterocycles. The first-order valence-corrected chi connectivity index (χ1v) is 11.6. The van der Waals surface area contributed by atoms with E-state index in [-0.39, 0.29) is 5.91 Å². The number of rotatable bonds is 6. The fourth-order valence-corrected chi connectivity index (χ4v) is 4.28. The van der Waals surface area contributed by atoms with Gasteiger partial charge in [-0.2, -0.15) is 0 Å². The van der Waals surface area contributed by atoms with Crippen molar-refractivity contribution in [2.45, 2.75) is 25.9 Å². The lowest BCUT2D eigenvalue weighted by Gasteiger charge is -2.18. The van der Waals surface area contributed by atoms with Crippen LogP contribution in [-0.4, -0.2) is 33.7 Å². The Balaban J connectivity index is 1.47. The molecule has 6 nitrogen and oxygen atoms in total. The third-order valence-corrected chi connectivity index (χ3v) is 6.72. The van der Waals surface area contributed by atoms with Crippen LogP contribution in [0.4, 0.5) is 11.4 Å². The lowest BCUT2D eigenvalue weighted by molar-refractivity contribution is -0.122. The molecule has 0 spiro atoms. The van der Waals surface area contributed by atoms with Gasteiger partial charge in [-0.05, 0) is 66.6 Å². The molecule has 1 N–H and O–H groups in total. The lowest BCUT2D eigenvalue weighted by atomic mass is 10.0. The summed E-state index contributed by atoms with van der Waals surface area (Å²) in [7, 11) is -1.85. The van der Waals surface area contributed by atoms with Crippen LogP contribution < -0.4 is 14.4 Å². The molecule has 0 saturated heterocycles. The van der Waals surface area contributed by atoms with Gasteiger partial charge in [0.2, 0.25) is 10.0 Å². The highest BCUT2D eigenvalue weighted by Gasteiger charge is 2.20. The normalized spacial score (nSPS) is 13.8. The average molecular weight is 425 g/mol. The molecule has 30 heavy (non-hydrogen) atoms. The summed E-state index contributed by atoms with van der Waals surface area (Å²) < 4.78 is 30.2. The largest absolute Gasteiger partial charge is 0.481 e. The molecule has 0 heterocycles. The molecule has 0 fully saturated rings. The Bertz CT molecular complexity index is 1210. The van der Waals surface area contributed by atoms with Gasteiger partial charge in [-0.1, -0.05) is 24.3 Å². The van der Waals surface area contributed by atoms with Gasteiger partial charge in [0.1, 0.15) is 5.75 Å². The Morgan fingerprint density at radius 3 is 2.37 bits per heavy atom. The topological polar surface area (TPSA) is 75.7 Å². The van der Waals surface area contributed by atoms with Gasteiger partial charge in [0.25, 0.3) is 5.91 Å². The van der Waals surface area contributed by atoms with E-state index in [9.17, 15) is 13.2 Å². The molecule has 3 aromatic carbocycles. The van der Waals surface area contributed by atoms with Crippen molar-refractivity contribution in [3.05, 3.63) is 65.7 Å². The summed E-state index contributed by atoms with van der Waals surface area (Å²) in [5, 5.41) is 5.28. The van der Waals surface area contributed by atoms with Crippen molar-refractivity contribution >= 4 is 38.1 Å². The fourth-order valence-electron chi connectivity index (χ4n) is 3.77. The standard InChI is InChI=1S/C23H24N2O4S/c1-15(29-19-12-10-18(11-13-19)25(2)30(3,27)28)23(26)24-21-14-9-17-8-7-16-5-4-6-20(21)22(16)17/h4-6,9-15H,7-8H2,1-3H3,(H,24,26)/t15-/m1/s1. The minimum Gasteiger partial charge on any atom is -0.481 e. The van der Waals surface area contributed by atoms with Crippen molar-refractivity contribution in [1.82, 2.24) is 0 Å². The van der Waals surface area contributed by atoms with Crippen molar-refractivity contribution in [3.8, 4) is 5.75 Å². The number of aryl methyl sites for hydroxylation is 2. The molecule has 4 rings (SSSR count). The van der Waals surface area contributed by atoms with Gasteiger partial charge in [0.05, 0.1) is 11.9 Å². The Hall–Kier alpha value is -3.06. The smallest absolute Gasteiger partial charge is 0.265 e. The van der Waals surface area contributed by atoms with E-state index in [1.54, 1.807) is 31.2 Å². The molecule has 0 saturated carbocycles. The van der Waals surface area contributed by atoms with E-state index in [2.05, 4.69) is 17.4 Å². The van der Waals surface area contributed by atoms with Crippen LogP contribution in [0.1, 0.15) is 18.1 Å². The minimum atomic E-state index is -3.33. The molecule has 7 heteroatoms. The van der Waals surface area contributed by atoms with Crippen molar-refractivity contribution in [3.63, 3.8) is 0 Å². The SMILES string of the molecule is C[C@@H](Oc1ccc(N(C)S(C)(=O)=O)cc1)C(=O)Nc1ccc2c3c(cccc13)CC2. The van der Waals surface area contributed by atoms with Gasteiger partial charge in [-0.15, -0.1) is 0 Å². The maximum atomic E-state index is 12.7. The predicted octanol–water partition coefficient (Wildman–Crippen LogP) is 3.74. The maximum absolute atomic E-state index is 12.7. The zero-order valence-electron chi connectivity index (χ0n) is 17.2. The number of carbonyl (C=O) groups excluding carboxylic acids is 1. The summed E-state index contributed by atoms with van der Waals surface area (Å²) >= 11 is 0. The van der Waals surface area contributed by atoms with Gasteiger partial charge >= 0.3 is 0 Å². The van der Waals surface area contributed by atoms with Crippen LogP contribution in [0.2, 0.25) is 0 Å². The third-order valence-electron chi connectivity index (χ3n) is 5.51. The van der Waals surface area contributed by atoms with Crippen LogP contribution >= 0.6 is 0 Å². The quantitative estimate of drug-likeness (QED) is 0.654. The monoisotopic (exact) mass is 424 g/mol. The molecule has 0 radical (unpaired) electrons. The number of amides is 1. The van der Waals surface area contributed by atoms with E-state index >= 15 is 0 Å². The Morgan fingerprint density at radius 1 is 1.03 bits per heavy atom. The van der Waals surface area contributed by atoms with E-state index in [1.807, 2.05) is 18.2 Å². The summed E-state index contributed by atoms with van der Waals surface area (Å²) in [4.78, 5) is 12.7. The zero-order chi connectivity index (χ0) is 21.5. The fraction of sp³-hybridized carbons (Fsp3) is 0.261. The average Bonchev–Trinajstić information content (AvgIpc) is 3.14. The molecule has 1 amide bonds. The molecule has 1 aliphatic rings. The number of anilines is 2. The van der Waals surface area contributed by atoms with E-state index in [1.165, 1.54) is 27.9 Å². The van der Waals surface area contributed by atoms with Crippen molar-refractivity contribution < 1.29 is 17.9 Å². The summed E-state index contributed by atoms with van der Waals surface area (Å²) in [6, 6.07) is 16.8. The highest BCUT2D eigenvalue weighted by molar-refractivity contribution is 7.92. The van der Waals surface area contributed by atoms with E-state index in [4.69, 9.17) is 4.74 Å². The van der Waals surface area contributed by atoms with Crippen LogP contribution in [0, 0.1) is 0 Å². The summed E-state index contributed by atoms with van der Waals surface area (Å²) in [5.74, 6) is 0.245. The Morgan fingerprint density at radius 2 is 1.70 bits per heavy atom. The molecule has 0 unspecified atom stereocenters. The first-order chi connectivity index (χ1) is 14.2. The van der Waals surface area contributed by atoms with Gasteiger partial charge in [-0.25, -0.2) is 8.42 Å². The number of carbonyl (C=O) groups is 1. The second-order valence-corrected chi connectivity index (χ2v) is 9.60. The predicted molar refractivity (Wildman–Crippen MR) is 120 cm³/mol. The van der Waals surface area contributed by atoms with E-state index < -0.39 is 16.1 Å². The molecular formula is C23H24N2O4S. The zero-order valence-corrected chi connectivity index (χ0v) is 18.0. The molecule has 1 aliphatic carbocycles. The van der Waals surface area contributed by atoms with Gasteiger partial charge < -0.3 is 10.1 Å². The number of hydrogen-bond acceptors (Lipinski definition) is 4. The number of sulfonamides is 1. The summed E-state index contributed by atoms with van der Waals surface area (Å²) in [6.45, 7) is 1.69. The molecule has 3 aromatic rings. The molecule has 156 valence electrons. The Kier molecular flexibility index (Phi) is 5.15. The third kappa shape index (κ3) is 3.85. The number of ether oxygens (including phenoxy) is 1. The molecule has 0 aromatic heterocycles. The second kappa shape index (κ2) is 7.65. The second-order valence-electron chi connectivity index (χ2n) is 7.59. The van der Waals surface area contributed by atoms with Crippen molar-refractivity contribution in [1.29, 1.82) is 0 Å². The van der Waals surface area contributed by atoms with E-state index in [0.717, 1.165) is 30.2 Å². The van der Waals surface area contributed by atoms with E-state index in [0.29, 0.717) is 11.4 Å². The van der Waals surface area contributed by atoms with Gasteiger partial charge in [0.15, 0.2) is 6.10 Å². The lowest BCUT2D eigenvalue weighted by Crippen LogP contribution is -2.30. The number of nitrogens with one attached hydrogen (secondary N) is 1. The number of hydrogen-bond donors (Lipinski definition) is 1. The van der Waals surface area contributed by atoms with Crippen LogP contribution in [0.25, 0.3) is 10.8 Å². The molecular weight excluding hydrogens is 400 g/mol. The molecule has 0 bridgehead atoms. The summed E-state index contributed by atoms with van der Waals surface area (Å²) in [6.07, 6.45) is 2.50. The van der Waals surface area contributed by atoms with Crippen molar-refractivity contribution in [2.75, 3.05) is 22.9 Å². The van der Waals surface area contributed by atoms with Gasteiger partial charge in [-0.3, -0.25) is 9.10 Å². The Labute approximate surface area is 176 Å². The van der Waals surface area contributed by atoms with Crippen LogP contribution in [0.5, 0.6) is 5.75 Å². The van der Waals surface area contributed by atoms with Crippen LogP contribution in [0.3, 0.4) is 0 Å². The first-order valence-electron chi connectivity index (χ1n) is 9.79. The number of benzene rings is 3. The van der Waals surface area contributed by atoms with Gasteiger partial charge in [0, 0.05) is 18.1 Å². The van der Waals surface area contributed by atoms with Crippen LogP contribution in [0.15, 0.2) is 54.6 Å². The molecule has 1 atom stereocenters.